The second kappa shape index (κ2) is 7.04. The maximum absolute atomic E-state index is 13.2. The maximum Gasteiger partial charge on any atom is 0.264 e. The number of nitrogens with zero attached hydrogens (tertiary/aromatic N) is 1. The summed E-state index contributed by atoms with van der Waals surface area (Å²) in [4.78, 5) is 16.3. The van der Waals surface area contributed by atoms with E-state index in [1.807, 2.05) is 13.0 Å². The number of anilines is 1. The van der Waals surface area contributed by atoms with Crippen LogP contribution in [-0.2, 0) is 4.79 Å². The van der Waals surface area contributed by atoms with Crippen LogP contribution in [0.5, 0.6) is 5.75 Å². The molecule has 0 fully saturated rings. The van der Waals surface area contributed by atoms with E-state index in [9.17, 15) is 9.18 Å². The number of benzene rings is 2. The molecule has 0 saturated heterocycles. The van der Waals surface area contributed by atoms with Crippen molar-refractivity contribution in [3.63, 3.8) is 0 Å². The zero-order valence-corrected chi connectivity index (χ0v) is 15.6. The molecule has 0 unspecified atom stereocenters. The van der Waals surface area contributed by atoms with Gasteiger partial charge in [-0.1, -0.05) is 38.9 Å². The van der Waals surface area contributed by atoms with Crippen LogP contribution in [-0.4, -0.2) is 17.5 Å². The van der Waals surface area contributed by atoms with Crippen molar-refractivity contribution in [3.05, 3.63) is 51.2 Å². The van der Waals surface area contributed by atoms with Gasteiger partial charge in [0.05, 0.1) is 15.2 Å². The van der Waals surface area contributed by atoms with Crippen LogP contribution in [0.15, 0.2) is 34.8 Å². The quantitative estimate of drug-likeness (QED) is 0.622. The summed E-state index contributed by atoms with van der Waals surface area (Å²) >= 11 is 10.7. The molecule has 1 N–H and O–H groups in total. The number of fused-ring (bicyclic) bond motifs is 1. The van der Waals surface area contributed by atoms with Crippen LogP contribution in [0.25, 0.3) is 10.2 Å². The SMILES string of the molecule is Cc1cc(Br)cc(Cl)c1OCC(=O)Nc1nc2ccc(F)cc2s1. The number of amides is 1. The van der Waals surface area contributed by atoms with Crippen molar-refractivity contribution in [2.75, 3.05) is 11.9 Å². The summed E-state index contributed by atoms with van der Waals surface area (Å²) in [6.07, 6.45) is 0. The summed E-state index contributed by atoms with van der Waals surface area (Å²) in [5.41, 5.74) is 1.45. The molecule has 3 rings (SSSR count). The van der Waals surface area contributed by atoms with Crippen LogP contribution in [0.4, 0.5) is 9.52 Å². The Morgan fingerprint density at radius 1 is 1.42 bits per heavy atom. The number of halogens is 3. The number of rotatable bonds is 4. The van der Waals surface area contributed by atoms with Gasteiger partial charge in [0, 0.05) is 4.47 Å². The van der Waals surface area contributed by atoms with Gasteiger partial charge in [-0.25, -0.2) is 9.37 Å². The van der Waals surface area contributed by atoms with E-state index in [4.69, 9.17) is 16.3 Å². The van der Waals surface area contributed by atoms with Crippen LogP contribution in [0.3, 0.4) is 0 Å². The normalized spacial score (nSPS) is 10.8. The van der Waals surface area contributed by atoms with Crippen molar-refractivity contribution >= 4 is 60.1 Å². The molecule has 2 aromatic carbocycles. The first kappa shape index (κ1) is 17.1. The lowest BCUT2D eigenvalue weighted by atomic mass is 10.2. The first-order valence-corrected chi connectivity index (χ1v) is 8.85. The van der Waals surface area contributed by atoms with E-state index in [2.05, 4.69) is 26.2 Å². The summed E-state index contributed by atoms with van der Waals surface area (Å²) in [6, 6.07) is 7.82. The summed E-state index contributed by atoms with van der Waals surface area (Å²) < 4.78 is 20.2. The van der Waals surface area contributed by atoms with Crippen molar-refractivity contribution in [2.45, 2.75) is 6.92 Å². The molecule has 1 heterocycles. The largest absolute Gasteiger partial charge is 0.482 e. The lowest BCUT2D eigenvalue weighted by Crippen LogP contribution is -2.20. The Kier molecular flexibility index (Phi) is 5.03. The van der Waals surface area contributed by atoms with Gasteiger partial charge in [-0.2, -0.15) is 0 Å². The third-order valence-corrected chi connectivity index (χ3v) is 4.81. The first-order chi connectivity index (χ1) is 11.4. The standard InChI is InChI=1S/C16H11BrClFN2O2S/c1-8-4-9(17)5-11(18)15(8)23-7-14(22)21-16-20-12-3-2-10(19)6-13(12)24-16/h2-6H,7H2,1H3,(H,20,21,22). The van der Waals surface area contributed by atoms with Gasteiger partial charge in [-0.05, 0) is 42.8 Å². The van der Waals surface area contributed by atoms with Crippen molar-refractivity contribution in [1.29, 1.82) is 0 Å². The molecule has 3 aromatic rings. The topological polar surface area (TPSA) is 51.2 Å². The van der Waals surface area contributed by atoms with Gasteiger partial charge in [-0.3, -0.25) is 10.1 Å². The fourth-order valence-electron chi connectivity index (χ4n) is 2.12. The number of aromatic nitrogens is 1. The lowest BCUT2D eigenvalue weighted by molar-refractivity contribution is -0.118. The number of hydrogen-bond acceptors (Lipinski definition) is 4. The monoisotopic (exact) mass is 428 g/mol. The van der Waals surface area contributed by atoms with Crippen LogP contribution >= 0.6 is 38.9 Å². The van der Waals surface area contributed by atoms with Gasteiger partial charge in [0.15, 0.2) is 11.7 Å². The van der Waals surface area contributed by atoms with Crippen molar-refractivity contribution in [1.82, 2.24) is 4.98 Å². The fourth-order valence-corrected chi connectivity index (χ4v) is 4.05. The van der Waals surface area contributed by atoms with E-state index in [1.54, 1.807) is 12.1 Å². The zero-order valence-electron chi connectivity index (χ0n) is 12.4. The highest BCUT2D eigenvalue weighted by molar-refractivity contribution is 9.10. The lowest BCUT2D eigenvalue weighted by Gasteiger charge is -2.11. The van der Waals surface area contributed by atoms with E-state index < -0.39 is 0 Å². The molecule has 0 saturated carbocycles. The number of hydrogen-bond donors (Lipinski definition) is 1. The number of thiazole rings is 1. The predicted molar refractivity (Wildman–Crippen MR) is 97.6 cm³/mol. The molecule has 0 aliphatic heterocycles. The molecule has 0 radical (unpaired) electrons. The Morgan fingerprint density at radius 2 is 2.21 bits per heavy atom. The molecule has 0 aliphatic carbocycles. The Morgan fingerprint density at radius 3 is 2.96 bits per heavy atom. The predicted octanol–water partition coefficient (Wildman–Crippen LogP) is 5.18. The van der Waals surface area contributed by atoms with Crippen molar-refractivity contribution < 1.29 is 13.9 Å². The molecule has 1 aromatic heterocycles. The van der Waals surface area contributed by atoms with E-state index in [0.29, 0.717) is 26.1 Å². The second-order valence-electron chi connectivity index (χ2n) is 5.00. The highest BCUT2D eigenvalue weighted by atomic mass is 79.9. The van der Waals surface area contributed by atoms with Gasteiger partial charge in [0.25, 0.3) is 5.91 Å². The van der Waals surface area contributed by atoms with Crippen LogP contribution in [0.1, 0.15) is 5.56 Å². The third-order valence-electron chi connectivity index (χ3n) is 3.14. The summed E-state index contributed by atoms with van der Waals surface area (Å²) in [5.74, 6) is -0.248. The van der Waals surface area contributed by atoms with E-state index in [-0.39, 0.29) is 18.3 Å². The van der Waals surface area contributed by atoms with Crippen molar-refractivity contribution in [2.24, 2.45) is 0 Å². The molecule has 4 nitrogen and oxygen atoms in total. The highest BCUT2D eigenvalue weighted by Crippen LogP contribution is 2.32. The van der Waals surface area contributed by atoms with Gasteiger partial charge < -0.3 is 4.74 Å². The van der Waals surface area contributed by atoms with E-state index in [0.717, 1.165) is 10.0 Å². The zero-order chi connectivity index (χ0) is 17.3. The number of aryl methyl sites for hydroxylation is 1. The number of carbonyl (C=O) groups excluding carboxylic acids is 1. The summed E-state index contributed by atoms with van der Waals surface area (Å²) in [7, 11) is 0. The van der Waals surface area contributed by atoms with Gasteiger partial charge in [0.1, 0.15) is 11.6 Å². The molecule has 0 bridgehead atoms. The second-order valence-corrected chi connectivity index (χ2v) is 7.36. The molecule has 0 atom stereocenters. The highest BCUT2D eigenvalue weighted by Gasteiger charge is 2.12. The maximum atomic E-state index is 13.2. The number of carbonyl (C=O) groups is 1. The van der Waals surface area contributed by atoms with Crippen LogP contribution in [0.2, 0.25) is 5.02 Å². The fraction of sp³-hybridized carbons (Fsp3) is 0.125. The van der Waals surface area contributed by atoms with E-state index >= 15 is 0 Å². The molecular weight excluding hydrogens is 419 g/mol. The Bertz CT molecular complexity index is 909. The Labute approximate surface area is 154 Å². The third kappa shape index (κ3) is 3.85. The van der Waals surface area contributed by atoms with Crippen LogP contribution in [0, 0.1) is 12.7 Å². The minimum absolute atomic E-state index is 0.202. The minimum atomic E-state index is -0.368. The van der Waals surface area contributed by atoms with Gasteiger partial charge in [-0.15, -0.1) is 0 Å². The van der Waals surface area contributed by atoms with Gasteiger partial charge >= 0.3 is 0 Å². The summed E-state index contributed by atoms with van der Waals surface area (Å²) in [5, 5.41) is 3.45. The Balaban J connectivity index is 1.67. The smallest absolute Gasteiger partial charge is 0.264 e. The molecule has 1 amide bonds. The van der Waals surface area contributed by atoms with Crippen molar-refractivity contribution in [3.8, 4) is 5.75 Å². The Hall–Kier alpha value is -1.70. The van der Waals surface area contributed by atoms with Gasteiger partial charge in [0.2, 0.25) is 0 Å². The molecular formula is C16H11BrClFN2O2S. The molecule has 124 valence electrons. The molecule has 0 spiro atoms. The molecule has 8 heteroatoms. The molecule has 0 aliphatic rings. The van der Waals surface area contributed by atoms with E-state index in [1.165, 1.54) is 23.5 Å². The minimum Gasteiger partial charge on any atom is -0.482 e. The average molecular weight is 430 g/mol. The number of nitrogens with one attached hydrogen (secondary N) is 1. The molecule has 24 heavy (non-hydrogen) atoms. The summed E-state index contributed by atoms with van der Waals surface area (Å²) in [6.45, 7) is 1.64. The first-order valence-electron chi connectivity index (χ1n) is 6.87. The van der Waals surface area contributed by atoms with Crippen LogP contribution < -0.4 is 10.1 Å². The average Bonchev–Trinajstić information content (AvgIpc) is 2.87. The number of ether oxygens (including phenoxy) is 1.